The molecule has 0 saturated carbocycles. The number of likely N-dealkylation sites (N-methyl/N-ethyl adjacent to an activating group) is 1. The van der Waals surface area contributed by atoms with Gasteiger partial charge >= 0.3 is 11.6 Å². The van der Waals surface area contributed by atoms with Crippen LogP contribution in [0.15, 0.2) is 6.20 Å². The molecule has 1 aromatic rings. The van der Waals surface area contributed by atoms with Gasteiger partial charge in [-0.2, -0.15) is 0 Å². The van der Waals surface area contributed by atoms with Crippen molar-refractivity contribution >= 4 is 11.6 Å². The Balaban J connectivity index is 2.50. The highest BCUT2D eigenvalue weighted by Gasteiger charge is 2.20. The number of amides is 1. The first-order valence-corrected chi connectivity index (χ1v) is 6.76. The lowest BCUT2D eigenvalue weighted by Crippen LogP contribution is -2.36. The molecular formula is C12H21N5O4. The fraction of sp³-hybridized carbons (Fsp3) is 0.667. The van der Waals surface area contributed by atoms with E-state index in [1.807, 2.05) is 0 Å². The number of rotatable bonds is 9. The Kier molecular flexibility index (Phi) is 6.60. The van der Waals surface area contributed by atoms with Crippen LogP contribution in [0.3, 0.4) is 0 Å². The van der Waals surface area contributed by atoms with Gasteiger partial charge in [-0.15, -0.1) is 5.10 Å². The van der Waals surface area contributed by atoms with E-state index < -0.39 is 4.92 Å². The van der Waals surface area contributed by atoms with Gasteiger partial charge in [-0.1, -0.05) is 13.8 Å². The summed E-state index contributed by atoms with van der Waals surface area (Å²) >= 11 is 0. The van der Waals surface area contributed by atoms with Gasteiger partial charge in [-0.05, 0) is 13.1 Å². The summed E-state index contributed by atoms with van der Waals surface area (Å²) < 4.78 is 6.00. The third-order valence-corrected chi connectivity index (χ3v) is 3.05. The second-order valence-corrected chi connectivity index (χ2v) is 4.36. The number of carbonyl (C=O) groups excluding carboxylic acids is 1. The highest BCUT2D eigenvalue weighted by molar-refractivity contribution is 5.75. The Morgan fingerprint density at radius 1 is 1.52 bits per heavy atom. The van der Waals surface area contributed by atoms with Crippen LogP contribution in [0, 0.1) is 10.1 Å². The van der Waals surface area contributed by atoms with Crippen molar-refractivity contribution in [3.05, 3.63) is 16.3 Å². The van der Waals surface area contributed by atoms with Gasteiger partial charge in [0.2, 0.25) is 5.91 Å². The Labute approximate surface area is 123 Å². The minimum absolute atomic E-state index is 0.0809. The molecule has 0 atom stereocenters. The van der Waals surface area contributed by atoms with E-state index in [1.54, 1.807) is 0 Å². The maximum Gasteiger partial charge on any atom is 0.350 e. The van der Waals surface area contributed by atoms with E-state index in [9.17, 15) is 14.9 Å². The number of methoxy groups -OCH3 is 1. The molecule has 1 aromatic heterocycles. The van der Waals surface area contributed by atoms with Gasteiger partial charge in [0.25, 0.3) is 0 Å². The van der Waals surface area contributed by atoms with Gasteiger partial charge in [0.1, 0.15) is 12.7 Å². The zero-order valence-electron chi connectivity index (χ0n) is 12.5. The summed E-state index contributed by atoms with van der Waals surface area (Å²) in [7, 11) is 1.30. The summed E-state index contributed by atoms with van der Waals surface area (Å²) in [6, 6.07) is 0. The molecule has 0 bridgehead atoms. The Hall–Kier alpha value is -2.16. The first-order chi connectivity index (χ1) is 10.0. The number of nitrogens with zero attached hydrogens (tertiary/aromatic N) is 4. The number of nitrogens with one attached hydrogen (secondary N) is 1. The molecular weight excluding hydrogens is 278 g/mol. The van der Waals surface area contributed by atoms with Crippen molar-refractivity contribution in [1.29, 1.82) is 0 Å². The smallest absolute Gasteiger partial charge is 0.350 e. The van der Waals surface area contributed by atoms with Crippen molar-refractivity contribution in [2.75, 3.05) is 33.3 Å². The molecule has 0 aromatic carbocycles. The van der Waals surface area contributed by atoms with Crippen LogP contribution in [-0.4, -0.2) is 58.8 Å². The van der Waals surface area contributed by atoms with E-state index in [-0.39, 0.29) is 24.0 Å². The molecule has 0 spiro atoms. The van der Waals surface area contributed by atoms with Gasteiger partial charge < -0.3 is 15.0 Å². The molecule has 0 radical (unpaired) electrons. The predicted molar refractivity (Wildman–Crippen MR) is 76.2 cm³/mol. The van der Waals surface area contributed by atoms with Crippen LogP contribution in [-0.2, 0) is 11.3 Å². The summed E-state index contributed by atoms with van der Waals surface area (Å²) in [4.78, 5) is 24.1. The monoisotopic (exact) mass is 299 g/mol. The van der Waals surface area contributed by atoms with Crippen molar-refractivity contribution < 1.29 is 14.5 Å². The van der Waals surface area contributed by atoms with E-state index in [1.165, 1.54) is 18.0 Å². The maximum absolute atomic E-state index is 11.7. The fourth-order valence-electron chi connectivity index (χ4n) is 1.84. The van der Waals surface area contributed by atoms with Crippen LogP contribution in [0.2, 0.25) is 0 Å². The van der Waals surface area contributed by atoms with Crippen LogP contribution in [0.5, 0.6) is 5.88 Å². The van der Waals surface area contributed by atoms with Crippen LogP contribution in [0.25, 0.3) is 0 Å². The number of aromatic nitrogens is 2. The second-order valence-electron chi connectivity index (χ2n) is 4.36. The van der Waals surface area contributed by atoms with Crippen molar-refractivity contribution in [3.63, 3.8) is 0 Å². The van der Waals surface area contributed by atoms with Crippen LogP contribution < -0.4 is 10.1 Å². The highest BCUT2D eigenvalue weighted by Crippen LogP contribution is 2.23. The molecule has 0 fully saturated rings. The van der Waals surface area contributed by atoms with Crippen molar-refractivity contribution in [3.8, 4) is 5.88 Å². The van der Waals surface area contributed by atoms with Crippen molar-refractivity contribution in [2.45, 2.75) is 20.4 Å². The van der Waals surface area contributed by atoms with Crippen molar-refractivity contribution in [2.24, 2.45) is 0 Å². The summed E-state index contributed by atoms with van der Waals surface area (Å²) in [5.41, 5.74) is -0.256. The SMILES string of the molecule is CCN(CC)CCNC(=O)Cn1cc([N+](=O)[O-])c(OC)n1. The molecule has 9 nitrogen and oxygen atoms in total. The molecule has 0 aliphatic rings. The predicted octanol–water partition coefficient (Wildman–Crippen LogP) is 0.258. The van der Waals surface area contributed by atoms with E-state index >= 15 is 0 Å². The van der Waals surface area contributed by atoms with Gasteiger partial charge in [0, 0.05) is 13.1 Å². The summed E-state index contributed by atoms with van der Waals surface area (Å²) in [5.74, 6) is -0.349. The van der Waals surface area contributed by atoms with E-state index in [0.29, 0.717) is 6.54 Å². The number of carbonyl (C=O) groups is 1. The third-order valence-electron chi connectivity index (χ3n) is 3.05. The average molecular weight is 299 g/mol. The Morgan fingerprint density at radius 2 is 2.19 bits per heavy atom. The summed E-state index contributed by atoms with van der Waals surface area (Å²) in [6.07, 6.45) is 1.18. The first kappa shape index (κ1) is 16.9. The first-order valence-electron chi connectivity index (χ1n) is 6.76. The van der Waals surface area contributed by atoms with Crippen LogP contribution >= 0.6 is 0 Å². The molecule has 0 saturated heterocycles. The van der Waals surface area contributed by atoms with Gasteiger partial charge in [0.05, 0.1) is 12.0 Å². The zero-order valence-corrected chi connectivity index (χ0v) is 12.5. The largest absolute Gasteiger partial charge is 0.475 e. The molecule has 0 aliphatic heterocycles. The van der Waals surface area contributed by atoms with Crippen LogP contribution in [0.4, 0.5) is 5.69 Å². The Morgan fingerprint density at radius 3 is 2.67 bits per heavy atom. The molecule has 1 rings (SSSR count). The molecule has 1 amide bonds. The number of hydrogen-bond acceptors (Lipinski definition) is 6. The molecule has 1 N–H and O–H groups in total. The third kappa shape index (κ3) is 5.03. The lowest BCUT2D eigenvalue weighted by atomic mass is 10.4. The normalized spacial score (nSPS) is 10.7. The number of nitro groups is 1. The standard InChI is InChI=1S/C12H21N5O4/c1-4-15(5-2)7-6-13-11(18)9-16-8-10(17(19)20)12(14-16)21-3/h8H,4-7,9H2,1-3H3,(H,13,18). The van der Waals surface area contributed by atoms with E-state index in [2.05, 4.69) is 29.2 Å². The van der Waals surface area contributed by atoms with Gasteiger partial charge in [-0.25, -0.2) is 0 Å². The second kappa shape index (κ2) is 8.20. The van der Waals surface area contributed by atoms with E-state index in [0.717, 1.165) is 19.6 Å². The summed E-state index contributed by atoms with van der Waals surface area (Å²) in [6.45, 7) is 7.18. The highest BCUT2D eigenvalue weighted by atomic mass is 16.6. The molecule has 9 heteroatoms. The maximum atomic E-state index is 11.7. The zero-order chi connectivity index (χ0) is 15.8. The molecule has 0 aliphatic carbocycles. The topological polar surface area (TPSA) is 103 Å². The fourth-order valence-corrected chi connectivity index (χ4v) is 1.84. The molecule has 118 valence electrons. The average Bonchev–Trinajstić information content (AvgIpc) is 2.86. The minimum Gasteiger partial charge on any atom is -0.475 e. The molecule has 0 unspecified atom stereocenters. The van der Waals surface area contributed by atoms with Crippen molar-refractivity contribution in [1.82, 2.24) is 20.0 Å². The molecule has 1 heterocycles. The number of ether oxygens (including phenoxy) is 1. The lowest BCUT2D eigenvalue weighted by molar-refractivity contribution is -0.385. The van der Waals surface area contributed by atoms with Crippen LogP contribution in [0.1, 0.15) is 13.8 Å². The summed E-state index contributed by atoms with van der Waals surface area (Å²) in [5, 5.41) is 17.4. The van der Waals surface area contributed by atoms with Gasteiger partial charge in [0.15, 0.2) is 0 Å². The Bertz CT molecular complexity index is 484. The quantitative estimate of drug-likeness (QED) is 0.518. The number of hydrogen-bond donors (Lipinski definition) is 1. The minimum atomic E-state index is -0.597. The molecule has 21 heavy (non-hydrogen) atoms. The van der Waals surface area contributed by atoms with E-state index in [4.69, 9.17) is 4.74 Å². The van der Waals surface area contributed by atoms with Gasteiger partial charge in [-0.3, -0.25) is 19.6 Å². The lowest BCUT2D eigenvalue weighted by Gasteiger charge is -2.17.